The monoisotopic (exact) mass is 517 g/mol. The highest BCUT2D eigenvalue weighted by atomic mass is 32.2. The molecule has 2 aliphatic heterocycles. The van der Waals surface area contributed by atoms with E-state index in [0.717, 1.165) is 0 Å². The van der Waals surface area contributed by atoms with Gasteiger partial charge in [-0.05, 0) is 24.3 Å². The Kier molecular flexibility index (Phi) is 9.14. The standard InChI is InChI=1S/C20H31N5O7S2/c21-6-5-20(27)24-9-7-23(8-10-24)16-17(26)15-22-33(28,29)18-1-3-19(4-2-18)34(30,31)25-11-13-32-14-12-25/h1-4,22H,5-16,21H2. The van der Waals surface area contributed by atoms with Crippen LogP contribution in [0, 0.1) is 0 Å². The van der Waals surface area contributed by atoms with Gasteiger partial charge in [0.1, 0.15) is 0 Å². The molecule has 1 aromatic carbocycles. The number of Topliss-reactive ketones (excluding diaryl/α,β-unsaturated/α-hetero) is 1. The molecule has 0 bridgehead atoms. The summed E-state index contributed by atoms with van der Waals surface area (Å²) in [5.41, 5.74) is 5.41. The van der Waals surface area contributed by atoms with Crippen LogP contribution in [-0.2, 0) is 34.4 Å². The fraction of sp³-hybridized carbons (Fsp3) is 0.600. The Morgan fingerprint density at radius 1 is 0.912 bits per heavy atom. The number of ether oxygens (including phenoxy) is 1. The van der Waals surface area contributed by atoms with E-state index in [0.29, 0.717) is 52.4 Å². The Labute approximate surface area is 200 Å². The third-order valence-electron chi connectivity index (χ3n) is 5.68. The number of amides is 1. The van der Waals surface area contributed by atoms with Crippen LogP contribution < -0.4 is 10.5 Å². The Morgan fingerprint density at radius 3 is 2.09 bits per heavy atom. The average molecular weight is 518 g/mol. The summed E-state index contributed by atoms with van der Waals surface area (Å²) in [4.78, 5) is 27.6. The van der Waals surface area contributed by atoms with Gasteiger partial charge < -0.3 is 15.4 Å². The van der Waals surface area contributed by atoms with E-state index in [-0.39, 0.29) is 47.7 Å². The summed E-state index contributed by atoms with van der Waals surface area (Å²) in [6.07, 6.45) is 0.292. The van der Waals surface area contributed by atoms with Crippen LogP contribution in [0.25, 0.3) is 0 Å². The van der Waals surface area contributed by atoms with Gasteiger partial charge in [-0.15, -0.1) is 0 Å². The Bertz CT molecular complexity index is 1060. The molecular weight excluding hydrogens is 486 g/mol. The molecule has 0 atom stereocenters. The van der Waals surface area contributed by atoms with Crippen molar-refractivity contribution in [1.82, 2.24) is 18.8 Å². The lowest BCUT2D eigenvalue weighted by molar-refractivity contribution is -0.132. The van der Waals surface area contributed by atoms with Crippen molar-refractivity contribution in [3.8, 4) is 0 Å². The third kappa shape index (κ3) is 6.81. The fourth-order valence-corrected chi connectivity index (χ4v) is 6.15. The highest BCUT2D eigenvalue weighted by Gasteiger charge is 2.27. The highest BCUT2D eigenvalue weighted by Crippen LogP contribution is 2.19. The second-order valence-electron chi connectivity index (χ2n) is 8.05. The Balaban J connectivity index is 1.50. The van der Waals surface area contributed by atoms with Gasteiger partial charge in [-0.25, -0.2) is 21.6 Å². The molecule has 3 N–H and O–H groups in total. The van der Waals surface area contributed by atoms with Crippen LogP contribution in [0.3, 0.4) is 0 Å². The summed E-state index contributed by atoms with van der Waals surface area (Å²) in [5.74, 6) is -0.318. The maximum Gasteiger partial charge on any atom is 0.243 e. The predicted octanol–water partition coefficient (Wildman–Crippen LogP) is -1.95. The number of rotatable bonds is 10. The third-order valence-corrected chi connectivity index (χ3v) is 9.01. The summed E-state index contributed by atoms with van der Waals surface area (Å²) >= 11 is 0. The molecule has 1 aromatic rings. The number of benzene rings is 1. The molecule has 2 aliphatic rings. The predicted molar refractivity (Wildman–Crippen MR) is 123 cm³/mol. The maximum atomic E-state index is 12.7. The second-order valence-corrected chi connectivity index (χ2v) is 11.8. The van der Waals surface area contributed by atoms with Crippen molar-refractivity contribution < 1.29 is 31.2 Å². The number of nitrogens with zero attached hydrogens (tertiary/aromatic N) is 3. The van der Waals surface area contributed by atoms with Gasteiger partial charge in [0.25, 0.3) is 0 Å². The first kappa shape index (κ1) is 26.7. The largest absolute Gasteiger partial charge is 0.379 e. The Morgan fingerprint density at radius 2 is 1.50 bits per heavy atom. The summed E-state index contributed by atoms with van der Waals surface area (Å²) in [6, 6.07) is 4.90. The van der Waals surface area contributed by atoms with Crippen LogP contribution in [0.2, 0.25) is 0 Å². The van der Waals surface area contributed by atoms with E-state index in [1.165, 1.54) is 28.6 Å². The number of piperazine rings is 1. The van der Waals surface area contributed by atoms with Crippen molar-refractivity contribution in [3.63, 3.8) is 0 Å². The smallest absolute Gasteiger partial charge is 0.243 e. The van der Waals surface area contributed by atoms with Gasteiger partial charge in [0.2, 0.25) is 26.0 Å². The van der Waals surface area contributed by atoms with Crippen molar-refractivity contribution in [3.05, 3.63) is 24.3 Å². The molecule has 3 rings (SSSR count). The van der Waals surface area contributed by atoms with E-state index in [1.54, 1.807) is 4.90 Å². The van der Waals surface area contributed by atoms with Crippen molar-refractivity contribution in [2.24, 2.45) is 5.73 Å². The van der Waals surface area contributed by atoms with E-state index < -0.39 is 20.0 Å². The minimum atomic E-state index is -3.99. The lowest BCUT2D eigenvalue weighted by atomic mass is 10.2. The lowest BCUT2D eigenvalue weighted by Crippen LogP contribution is -2.50. The van der Waals surface area contributed by atoms with Crippen LogP contribution in [-0.4, -0.2) is 115 Å². The number of hydrogen-bond acceptors (Lipinski definition) is 9. The number of carbonyl (C=O) groups excluding carboxylic acids is 2. The van der Waals surface area contributed by atoms with Crippen LogP contribution in [0.5, 0.6) is 0 Å². The summed E-state index contributed by atoms with van der Waals surface area (Å²) < 4.78 is 59.2. The number of ketones is 1. The van der Waals surface area contributed by atoms with Gasteiger partial charge in [0.15, 0.2) is 5.78 Å². The molecule has 14 heteroatoms. The highest BCUT2D eigenvalue weighted by molar-refractivity contribution is 7.89. The number of sulfonamides is 2. The summed E-state index contributed by atoms with van der Waals surface area (Å²) in [7, 11) is -7.72. The van der Waals surface area contributed by atoms with Gasteiger partial charge in [0.05, 0.1) is 36.1 Å². The summed E-state index contributed by atoms with van der Waals surface area (Å²) in [5, 5.41) is 0. The molecule has 34 heavy (non-hydrogen) atoms. The van der Waals surface area contributed by atoms with Crippen molar-refractivity contribution in [1.29, 1.82) is 0 Å². The minimum absolute atomic E-state index is 0.00601. The number of nitrogens with two attached hydrogens (primary N) is 1. The normalized spacial score (nSPS) is 18.7. The minimum Gasteiger partial charge on any atom is -0.379 e. The summed E-state index contributed by atoms with van der Waals surface area (Å²) in [6.45, 7) is 3.12. The first-order valence-electron chi connectivity index (χ1n) is 11.0. The van der Waals surface area contributed by atoms with Crippen molar-refractivity contribution >= 4 is 31.7 Å². The van der Waals surface area contributed by atoms with E-state index in [1.807, 2.05) is 4.90 Å². The molecule has 0 aliphatic carbocycles. The number of hydrogen-bond donors (Lipinski definition) is 2. The molecule has 0 radical (unpaired) electrons. The van der Waals surface area contributed by atoms with Crippen LogP contribution in [0.15, 0.2) is 34.1 Å². The molecule has 190 valence electrons. The van der Waals surface area contributed by atoms with Crippen LogP contribution in [0.4, 0.5) is 0 Å². The van der Waals surface area contributed by atoms with Gasteiger partial charge >= 0.3 is 0 Å². The van der Waals surface area contributed by atoms with Crippen LogP contribution >= 0.6 is 0 Å². The Hall–Kier alpha value is -1.94. The van der Waals surface area contributed by atoms with Crippen molar-refractivity contribution in [2.75, 3.05) is 72.1 Å². The molecule has 2 heterocycles. The fourth-order valence-electron chi connectivity index (χ4n) is 3.73. The molecule has 0 unspecified atom stereocenters. The molecule has 0 spiro atoms. The molecule has 0 saturated carbocycles. The van der Waals surface area contributed by atoms with E-state index in [2.05, 4.69) is 4.72 Å². The van der Waals surface area contributed by atoms with E-state index in [4.69, 9.17) is 10.5 Å². The second kappa shape index (κ2) is 11.7. The van der Waals surface area contributed by atoms with Crippen LogP contribution in [0.1, 0.15) is 6.42 Å². The lowest BCUT2D eigenvalue weighted by Gasteiger charge is -2.34. The molecule has 12 nitrogen and oxygen atoms in total. The van der Waals surface area contributed by atoms with Gasteiger partial charge in [0, 0.05) is 52.2 Å². The van der Waals surface area contributed by atoms with E-state index in [9.17, 15) is 26.4 Å². The SMILES string of the molecule is NCCC(=O)N1CCN(CC(=O)CNS(=O)(=O)c2ccc(S(=O)(=O)N3CCOCC3)cc2)CC1. The number of morpholine rings is 1. The van der Waals surface area contributed by atoms with E-state index >= 15 is 0 Å². The zero-order chi connectivity index (χ0) is 24.8. The first-order valence-corrected chi connectivity index (χ1v) is 14.0. The zero-order valence-corrected chi connectivity index (χ0v) is 20.5. The quantitative estimate of drug-likeness (QED) is 0.359. The molecule has 1 amide bonds. The average Bonchev–Trinajstić information content (AvgIpc) is 2.84. The van der Waals surface area contributed by atoms with Gasteiger partial charge in [-0.1, -0.05) is 0 Å². The van der Waals surface area contributed by atoms with Gasteiger partial charge in [-0.2, -0.15) is 4.31 Å². The van der Waals surface area contributed by atoms with Crippen molar-refractivity contribution in [2.45, 2.75) is 16.2 Å². The maximum absolute atomic E-state index is 12.7. The zero-order valence-electron chi connectivity index (χ0n) is 18.9. The molecule has 2 fully saturated rings. The van der Waals surface area contributed by atoms with Gasteiger partial charge in [-0.3, -0.25) is 14.5 Å². The topological polar surface area (TPSA) is 159 Å². The molecule has 0 aromatic heterocycles. The first-order chi connectivity index (χ1) is 16.1. The number of carbonyl (C=O) groups is 2. The number of nitrogens with one attached hydrogen (secondary N) is 1. The molecule has 2 saturated heterocycles. The molecular formula is C20H31N5O7S2.